The lowest BCUT2D eigenvalue weighted by Crippen LogP contribution is -2.52. The summed E-state index contributed by atoms with van der Waals surface area (Å²) in [6, 6.07) is 11.7. The molecule has 3 rings (SSSR count). The number of nitrogens with zero attached hydrogens (tertiary/aromatic N) is 3. The number of anilines is 1. The highest BCUT2D eigenvalue weighted by Gasteiger charge is 2.20. The van der Waals surface area contributed by atoms with E-state index in [9.17, 15) is 4.79 Å². The number of nitrogens with one attached hydrogen (secondary N) is 1. The zero-order chi connectivity index (χ0) is 19.1. The Hall–Kier alpha value is -2.54. The van der Waals surface area contributed by atoms with Crippen molar-refractivity contribution in [2.24, 2.45) is 4.99 Å². The van der Waals surface area contributed by atoms with Gasteiger partial charge < -0.3 is 19.9 Å². The van der Waals surface area contributed by atoms with Gasteiger partial charge in [-0.3, -0.25) is 0 Å². The summed E-state index contributed by atoms with van der Waals surface area (Å²) in [5.41, 5.74) is 1.62. The van der Waals surface area contributed by atoms with Crippen LogP contribution in [0.15, 0.2) is 46.8 Å². The summed E-state index contributed by atoms with van der Waals surface area (Å²) in [5, 5.41) is 6.86. The molecule has 27 heavy (non-hydrogen) atoms. The van der Waals surface area contributed by atoms with Crippen LogP contribution in [0.1, 0.15) is 22.8 Å². The first-order valence-electron chi connectivity index (χ1n) is 9.20. The van der Waals surface area contributed by atoms with E-state index in [-0.39, 0.29) is 5.97 Å². The molecule has 2 aromatic rings. The van der Waals surface area contributed by atoms with Gasteiger partial charge in [0.25, 0.3) is 0 Å². The van der Waals surface area contributed by atoms with Gasteiger partial charge >= 0.3 is 5.97 Å². The molecule has 1 saturated heterocycles. The van der Waals surface area contributed by atoms with E-state index in [0.717, 1.165) is 44.2 Å². The van der Waals surface area contributed by atoms with E-state index < -0.39 is 0 Å². The first kappa shape index (κ1) is 19.2. The van der Waals surface area contributed by atoms with Crippen LogP contribution in [0.2, 0.25) is 0 Å². The number of benzene rings is 1. The summed E-state index contributed by atoms with van der Waals surface area (Å²) in [5.74, 6) is 0.627. The molecule has 1 aliphatic rings. The van der Waals surface area contributed by atoms with Crippen molar-refractivity contribution in [2.75, 3.05) is 44.7 Å². The highest BCUT2D eigenvalue weighted by atomic mass is 32.1. The molecule has 0 atom stereocenters. The largest absolute Gasteiger partial charge is 0.465 e. The third kappa shape index (κ3) is 5.01. The number of rotatable bonds is 5. The minimum absolute atomic E-state index is 0.318. The number of hydrogen-bond acceptors (Lipinski definition) is 5. The monoisotopic (exact) mass is 386 g/mol. The van der Waals surface area contributed by atoms with Gasteiger partial charge in [-0.05, 0) is 42.1 Å². The first-order valence-corrected chi connectivity index (χ1v) is 10.1. The van der Waals surface area contributed by atoms with E-state index in [1.807, 2.05) is 12.1 Å². The maximum Gasteiger partial charge on any atom is 0.337 e. The third-order valence-corrected chi connectivity index (χ3v) is 5.45. The minimum Gasteiger partial charge on any atom is -0.465 e. The van der Waals surface area contributed by atoms with Gasteiger partial charge in [0.15, 0.2) is 5.96 Å². The van der Waals surface area contributed by atoms with Crippen LogP contribution < -0.4 is 10.2 Å². The summed E-state index contributed by atoms with van der Waals surface area (Å²) in [4.78, 5) is 21.1. The standard InChI is InChI=1S/C20H26N4O2S/c1-3-21-20(22-15-16-6-8-17(9-7-16)19(25)26-2)24-12-10-23(11-13-24)18-5-4-14-27-18/h4-9,14H,3,10-13,15H2,1-2H3,(H,21,22). The second-order valence-electron chi connectivity index (χ2n) is 6.28. The Kier molecular flexibility index (Phi) is 6.70. The van der Waals surface area contributed by atoms with Crippen LogP contribution in [0.25, 0.3) is 0 Å². The van der Waals surface area contributed by atoms with Gasteiger partial charge in [0, 0.05) is 32.7 Å². The van der Waals surface area contributed by atoms with Crippen LogP contribution in [-0.2, 0) is 11.3 Å². The third-order valence-electron chi connectivity index (χ3n) is 4.52. The molecule has 1 aromatic heterocycles. The number of aliphatic imine (C=N–C) groups is 1. The smallest absolute Gasteiger partial charge is 0.337 e. The van der Waals surface area contributed by atoms with E-state index >= 15 is 0 Å². The van der Waals surface area contributed by atoms with Crippen molar-refractivity contribution < 1.29 is 9.53 Å². The number of piperazine rings is 1. The normalized spacial score (nSPS) is 15.0. The molecule has 7 heteroatoms. The number of carbonyl (C=O) groups excluding carboxylic acids is 1. The molecule has 2 heterocycles. The number of ether oxygens (including phenoxy) is 1. The molecule has 0 aliphatic carbocycles. The summed E-state index contributed by atoms with van der Waals surface area (Å²) in [7, 11) is 1.39. The van der Waals surface area contributed by atoms with Gasteiger partial charge in [0.2, 0.25) is 0 Å². The highest BCUT2D eigenvalue weighted by Crippen LogP contribution is 2.22. The van der Waals surface area contributed by atoms with Crippen LogP contribution in [-0.4, -0.2) is 56.7 Å². The van der Waals surface area contributed by atoms with E-state index in [1.54, 1.807) is 23.5 Å². The molecule has 0 unspecified atom stereocenters. The fraction of sp³-hybridized carbons (Fsp3) is 0.400. The number of thiophene rings is 1. The van der Waals surface area contributed by atoms with Gasteiger partial charge in [-0.1, -0.05) is 12.1 Å². The maximum atomic E-state index is 11.5. The number of methoxy groups -OCH3 is 1. The van der Waals surface area contributed by atoms with Crippen molar-refractivity contribution in [1.82, 2.24) is 10.2 Å². The van der Waals surface area contributed by atoms with Crippen molar-refractivity contribution in [2.45, 2.75) is 13.5 Å². The lowest BCUT2D eigenvalue weighted by atomic mass is 10.1. The molecule has 0 bridgehead atoms. The second kappa shape index (κ2) is 9.41. The van der Waals surface area contributed by atoms with E-state index in [0.29, 0.717) is 12.1 Å². The van der Waals surface area contributed by atoms with E-state index in [4.69, 9.17) is 9.73 Å². The Morgan fingerprint density at radius 2 is 1.93 bits per heavy atom. The molecule has 6 nitrogen and oxygen atoms in total. The second-order valence-corrected chi connectivity index (χ2v) is 7.21. The molecule has 1 fully saturated rings. The van der Waals surface area contributed by atoms with Crippen molar-refractivity contribution in [3.63, 3.8) is 0 Å². The van der Waals surface area contributed by atoms with Gasteiger partial charge in [-0.25, -0.2) is 9.79 Å². The Morgan fingerprint density at radius 3 is 2.52 bits per heavy atom. The van der Waals surface area contributed by atoms with Crippen LogP contribution in [0.3, 0.4) is 0 Å². The fourth-order valence-corrected chi connectivity index (χ4v) is 3.83. The van der Waals surface area contributed by atoms with Gasteiger partial charge in [0.1, 0.15) is 0 Å². The van der Waals surface area contributed by atoms with Gasteiger partial charge in [0.05, 0.1) is 24.2 Å². The molecule has 144 valence electrons. The Labute approximate surface area is 164 Å². The molecule has 1 N–H and O–H groups in total. The minimum atomic E-state index is -0.318. The van der Waals surface area contributed by atoms with Crippen LogP contribution in [0.5, 0.6) is 0 Å². The quantitative estimate of drug-likeness (QED) is 0.486. The number of carbonyl (C=O) groups is 1. The summed E-state index contributed by atoms with van der Waals surface area (Å²) < 4.78 is 4.73. The summed E-state index contributed by atoms with van der Waals surface area (Å²) in [6.07, 6.45) is 0. The van der Waals surface area contributed by atoms with Crippen LogP contribution in [0, 0.1) is 0 Å². The van der Waals surface area contributed by atoms with Crippen molar-refractivity contribution in [3.05, 3.63) is 52.9 Å². The van der Waals surface area contributed by atoms with Gasteiger partial charge in [-0.2, -0.15) is 0 Å². The van der Waals surface area contributed by atoms with Crippen molar-refractivity contribution in [3.8, 4) is 0 Å². The molecular weight excluding hydrogens is 360 g/mol. The van der Waals surface area contributed by atoms with E-state index in [1.165, 1.54) is 12.1 Å². The number of esters is 1. The van der Waals surface area contributed by atoms with Gasteiger partial charge in [-0.15, -0.1) is 11.3 Å². The zero-order valence-electron chi connectivity index (χ0n) is 15.9. The Bertz CT molecular complexity index is 751. The zero-order valence-corrected chi connectivity index (χ0v) is 16.7. The fourth-order valence-electron chi connectivity index (χ4n) is 3.04. The lowest BCUT2D eigenvalue weighted by molar-refractivity contribution is 0.0600. The van der Waals surface area contributed by atoms with Crippen molar-refractivity contribution >= 4 is 28.3 Å². The Morgan fingerprint density at radius 1 is 1.19 bits per heavy atom. The molecular formula is C20H26N4O2S. The summed E-state index contributed by atoms with van der Waals surface area (Å²) >= 11 is 1.79. The lowest BCUT2D eigenvalue weighted by Gasteiger charge is -2.37. The molecule has 0 radical (unpaired) electrons. The maximum absolute atomic E-state index is 11.5. The molecule has 0 spiro atoms. The Balaban J connectivity index is 1.60. The van der Waals surface area contributed by atoms with Crippen LogP contribution >= 0.6 is 11.3 Å². The topological polar surface area (TPSA) is 57.2 Å². The molecule has 1 aliphatic heterocycles. The van der Waals surface area contributed by atoms with E-state index in [2.05, 4.69) is 39.6 Å². The average molecular weight is 387 g/mol. The molecule has 0 saturated carbocycles. The molecule has 1 aromatic carbocycles. The number of guanidine groups is 1. The summed E-state index contributed by atoms with van der Waals surface area (Å²) in [6.45, 7) is 7.40. The van der Waals surface area contributed by atoms with Crippen LogP contribution in [0.4, 0.5) is 5.00 Å². The predicted molar refractivity (Wildman–Crippen MR) is 111 cm³/mol. The molecule has 0 amide bonds. The SMILES string of the molecule is CCNC(=NCc1ccc(C(=O)OC)cc1)N1CCN(c2cccs2)CC1. The first-order chi connectivity index (χ1) is 13.2. The van der Waals surface area contributed by atoms with Crippen molar-refractivity contribution in [1.29, 1.82) is 0 Å². The number of hydrogen-bond donors (Lipinski definition) is 1. The average Bonchev–Trinajstić information content (AvgIpc) is 3.26. The highest BCUT2D eigenvalue weighted by molar-refractivity contribution is 7.14. The predicted octanol–water partition coefficient (Wildman–Crippen LogP) is 2.82.